The number of amides is 1. The van der Waals surface area contributed by atoms with E-state index in [0.717, 1.165) is 62.3 Å². The Balaban J connectivity index is 0.000000436. The van der Waals surface area contributed by atoms with Crippen molar-refractivity contribution >= 4 is 29.3 Å². The Kier molecular flexibility index (Phi) is 10.8. The van der Waals surface area contributed by atoms with Crippen molar-refractivity contribution in [1.29, 1.82) is 0 Å². The number of carboxylic acid groups (broad SMARTS) is 2. The Labute approximate surface area is 223 Å². The van der Waals surface area contributed by atoms with E-state index in [1.165, 1.54) is 18.4 Å². The van der Waals surface area contributed by atoms with Crippen molar-refractivity contribution in [3.05, 3.63) is 77.4 Å². The Bertz CT molecular complexity index is 1140. The van der Waals surface area contributed by atoms with Crippen molar-refractivity contribution in [3.8, 4) is 0 Å². The van der Waals surface area contributed by atoms with E-state index in [1.807, 2.05) is 23.1 Å². The molecule has 2 N–H and O–H groups in total. The van der Waals surface area contributed by atoms with Gasteiger partial charge in [0.1, 0.15) is 0 Å². The Morgan fingerprint density at radius 2 is 1.58 bits per heavy atom. The normalized spacial score (nSPS) is 15.9. The summed E-state index contributed by atoms with van der Waals surface area (Å²) in [5.74, 6) is -1.55. The van der Waals surface area contributed by atoms with E-state index in [9.17, 15) is 19.2 Å². The molecule has 0 aromatic heterocycles. The molecule has 4 rings (SSSR count). The summed E-state index contributed by atoms with van der Waals surface area (Å²) in [7, 11) is 0. The largest absolute Gasteiger partial charge is 0.478 e. The molecule has 0 saturated carbocycles. The fourth-order valence-corrected chi connectivity index (χ4v) is 4.99. The zero-order valence-electron chi connectivity index (χ0n) is 21.8. The van der Waals surface area contributed by atoms with E-state index in [-0.39, 0.29) is 11.7 Å². The van der Waals surface area contributed by atoms with Gasteiger partial charge in [0, 0.05) is 49.8 Å². The van der Waals surface area contributed by atoms with Crippen molar-refractivity contribution in [2.75, 3.05) is 24.5 Å². The average Bonchev–Trinajstić information content (AvgIpc) is 2.91. The maximum Gasteiger partial charge on any atom is 0.328 e. The molecule has 0 bridgehead atoms. The number of hydrogen-bond acceptors (Lipinski definition) is 5. The monoisotopic (exact) mass is 520 g/mol. The number of ketones is 1. The van der Waals surface area contributed by atoms with Gasteiger partial charge in [-0.2, -0.15) is 0 Å². The van der Waals surface area contributed by atoms with Crippen LogP contribution < -0.4 is 4.90 Å². The lowest BCUT2D eigenvalue weighted by Gasteiger charge is -2.32. The van der Waals surface area contributed by atoms with Gasteiger partial charge >= 0.3 is 11.9 Å². The molecule has 0 unspecified atom stereocenters. The van der Waals surface area contributed by atoms with Gasteiger partial charge in [-0.15, -0.1) is 0 Å². The minimum absolute atomic E-state index is 0.0774. The highest BCUT2D eigenvalue weighted by Crippen LogP contribution is 2.29. The summed E-state index contributed by atoms with van der Waals surface area (Å²) in [5.41, 5.74) is 4.30. The zero-order chi connectivity index (χ0) is 27.5. The minimum atomic E-state index is -1.26. The minimum Gasteiger partial charge on any atom is -0.478 e. The Morgan fingerprint density at radius 1 is 0.921 bits per heavy atom. The van der Waals surface area contributed by atoms with Gasteiger partial charge in [0.05, 0.1) is 0 Å². The van der Waals surface area contributed by atoms with Gasteiger partial charge < -0.3 is 15.1 Å². The van der Waals surface area contributed by atoms with Crippen LogP contribution in [0, 0.1) is 5.92 Å². The number of aryl methyl sites for hydroxylation is 1. The molecule has 0 spiro atoms. The summed E-state index contributed by atoms with van der Waals surface area (Å²) in [6, 6.07) is 16.6. The van der Waals surface area contributed by atoms with Gasteiger partial charge in [0.15, 0.2) is 5.78 Å². The number of Topliss-reactive ketones (excluding diaryl/α,β-unsaturated/α-hetero) is 1. The second-order valence-corrected chi connectivity index (χ2v) is 9.79. The third-order valence-electron chi connectivity index (χ3n) is 7.00. The van der Waals surface area contributed by atoms with E-state index in [2.05, 4.69) is 35.2 Å². The predicted molar refractivity (Wildman–Crippen MR) is 145 cm³/mol. The molecule has 0 atom stereocenters. The molecule has 2 aliphatic rings. The molecule has 0 radical (unpaired) electrons. The first-order chi connectivity index (χ1) is 18.2. The second-order valence-electron chi connectivity index (χ2n) is 9.79. The standard InChI is InChI=1S/C26H32N2O2.C4H4O4/c1-20(29)28-15-5-8-23-18-24(10-11-25(23)28)26(30)12-9-21-13-16-27(17-14-21)19-22-6-3-2-4-7-22;5-3(6)1-2-4(7)8/h2-4,6-7,10-11,18,21H,5,8-9,12-17,19H2,1H3;1-2H,(H,5,6)(H,7,8). The van der Waals surface area contributed by atoms with Gasteiger partial charge in [0.2, 0.25) is 5.91 Å². The first-order valence-electron chi connectivity index (χ1n) is 13.1. The molecule has 0 aliphatic carbocycles. The number of nitrogens with zero attached hydrogens (tertiary/aromatic N) is 2. The van der Waals surface area contributed by atoms with E-state index in [0.29, 0.717) is 24.5 Å². The van der Waals surface area contributed by atoms with E-state index in [1.54, 1.807) is 6.92 Å². The van der Waals surface area contributed by atoms with Crippen molar-refractivity contribution in [1.82, 2.24) is 4.90 Å². The predicted octanol–water partition coefficient (Wildman–Crippen LogP) is 4.57. The number of carbonyl (C=O) groups is 4. The quantitative estimate of drug-likeness (QED) is 0.387. The summed E-state index contributed by atoms with van der Waals surface area (Å²) in [6.07, 6.45) is 6.99. The lowest BCUT2D eigenvalue weighted by atomic mass is 9.89. The van der Waals surface area contributed by atoms with Crippen molar-refractivity contribution in [3.63, 3.8) is 0 Å². The van der Waals surface area contributed by atoms with Gasteiger partial charge in [-0.3, -0.25) is 14.5 Å². The molecule has 8 nitrogen and oxygen atoms in total. The van der Waals surface area contributed by atoms with Crippen LogP contribution in [0.2, 0.25) is 0 Å². The van der Waals surface area contributed by atoms with Crippen LogP contribution in [0.5, 0.6) is 0 Å². The lowest BCUT2D eigenvalue weighted by molar-refractivity contribution is -0.134. The maximum absolute atomic E-state index is 12.8. The topological polar surface area (TPSA) is 115 Å². The van der Waals surface area contributed by atoms with Crippen LogP contribution in [0.3, 0.4) is 0 Å². The first kappa shape index (κ1) is 28.8. The third kappa shape index (κ3) is 8.95. The molecule has 2 aromatic carbocycles. The summed E-state index contributed by atoms with van der Waals surface area (Å²) in [4.78, 5) is 48.1. The number of piperidine rings is 1. The molecular formula is C30H36N2O6. The number of rotatable bonds is 8. The number of benzene rings is 2. The highest BCUT2D eigenvalue weighted by atomic mass is 16.4. The smallest absolute Gasteiger partial charge is 0.328 e. The number of anilines is 1. The maximum atomic E-state index is 12.8. The molecule has 202 valence electrons. The molecule has 2 heterocycles. The van der Waals surface area contributed by atoms with Gasteiger partial charge in [-0.05, 0) is 80.4 Å². The van der Waals surface area contributed by atoms with Crippen LogP contribution in [0.1, 0.15) is 60.5 Å². The lowest BCUT2D eigenvalue weighted by Crippen LogP contribution is -2.33. The molecule has 2 aliphatic heterocycles. The van der Waals surface area contributed by atoms with Gasteiger partial charge in [0.25, 0.3) is 0 Å². The molecule has 1 fully saturated rings. The van der Waals surface area contributed by atoms with Crippen LogP contribution >= 0.6 is 0 Å². The SMILES string of the molecule is CC(=O)N1CCCc2cc(C(=O)CCC3CCN(Cc4ccccc4)CC3)ccc21.O=C(O)C=CC(=O)O. The van der Waals surface area contributed by atoms with Crippen molar-refractivity contribution in [2.24, 2.45) is 5.92 Å². The van der Waals surface area contributed by atoms with Crippen molar-refractivity contribution in [2.45, 2.75) is 52.0 Å². The second kappa shape index (κ2) is 14.2. The molecular weight excluding hydrogens is 484 g/mol. The van der Waals surface area contributed by atoms with E-state index < -0.39 is 11.9 Å². The fourth-order valence-electron chi connectivity index (χ4n) is 4.99. The van der Waals surface area contributed by atoms with E-state index >= 15 is 0 Å². The van der Waals surface area contributed by atoms with Crippen LogP contribution in [0.15, 0.2) is 60.7 Å². The van der Waals surface area contributed by atoms with Crippen LogP contribution in [-0.2, 0) is 27.3 Å². The van der Waals surface area contributed by atoms with E-state index in [4.69, 9.17) is 10.2 Å². The summed E-state index contributed by atoms with van der Waals surface area (Å²) < 4.78 is 0. The molecule has 38 heavy (non-hydrogen) atoms. The first-order valence-corrected chi connectivity index (χ1v) is 13.1. The van der Waals surface area contributed by atoms with Crippen molar-refractivity contribution < 1.29 is 29.4 Å². The molecule has 8 heteroatoms. The van der Waals surface area contributed by atoms with Crippen LogP contribution in [-0.4, -0.2) is 58.4 Å². The zero-order valence-corrected chi connectivity index (χ0v) is 21.8. The molecule has 1 saturated heterocycles. The molecule has 1 amide bonds. The number of carboxylic acids is 2. The average molecular weight is 521 g/mol. The summed E-state index contributed by atoms with van der Waals surface area (Å²) in [6.45, 7) is 5.65. The van der Waals surface area contributed by atoms with Crippen LogP contribution in [0.4, 0.5) is 5.69 Å². The van der Waals surface area contributed by atoms with Gasteiger partial charge in [-0.25, -0.2) is 9.59 Å². The third-order valence-corrected chi connectivity index (χ3v) is 7.00. The number of hydrogen-bond donors (Lipinski definition) is 2. The highest BCUT2D eigenvalue weighted by Gasteiger charge is 2.23. The summed E-state index contributed by atoms with van der Waals surface area (Å²) in [5, 5.41) is 15.6. The number of likely N-dealkylation sites (tertiary alicyclic amines) is 1. The fraction of sp³-hybridized carbons (Fsp3) is 0.400. The number of fused-ring (bicyclic) bond motifs is 1. The summed E-state index contributed by atoms with van der Waals surface area (Å²) >= 11 is 0. The Morgan fingerprint density at radius 3 is 2.18 bits per heavy atom. The van der Waals surface area contributed by atoms with Gasteiger partial charge in [-0.1, -0.05) is 30.3 Å². The van der Waals surface area contributed by atoms with Crippen LogP contribution in [0.25, 0.3) is 0 Å². The number of carbonyl (C=O) groups excluding carboxylic acids is 2. The highest BCUT2D eigenvalue weighted by molar-refractivity contribution is 5.98. The number of aliphatic carboxylic acids is 2. The Hall–Kier alpha value is -3.78. The molecule has 2 aromatic rings.